The van der Waals surface area contributed by atoms with Crippen molar-refractivity contribution in [2.75, 3.05) is 19.6 Å². The third-order valence-corrected chi connectivity index (χ3v) is 5.89. The number of aliphatic hydroxyl groups excluding tert-OH is 1. The van der Waals surface area contributed by atoms with Gasteiger partial charge < -0.3 is 9.67 Å². The lowest BCUT2D eigenvalue weighted by Crippen LogP contribution is -2.54. The number of aromatic nitrogens is 2. The molecule has 4 heterocycles. The minimum atomic E-state index is -0.146. The summed E-state index contributed by atoms with van der Waals surface area (Å²) in [5, 5.41) is 9.96. The van der Waals surface area contributed by atoms with Gasteiger partial charge in [-0.15, -0.1) is 0 Å². The number of piperazine rings is 1. The molecule has 0 bridgehead atoms. The fraction of sp³-hybridized carbons (Fsp3) is 0.550. The summed E-state index contributed by atoms with van der Waals surface area (Å²) in [6.07, 6.45) is 4.51. The van der Waals surface area contributed by atoms with Crippen LogP contribution in [0, 0.1) is 13.8 Å². The van der Waals surface area contributed by atoms with Crippen LogP contribution < -0.4 is 0 Å². The van der Waals surface area contributed by atoms with Crippen LogP contribution in [0.2, 0.25) is 0 Å². The van der Waals surface area contributed by atoms with Crippen LogP contribution in [-0.4, -0.2) is 62.3 Å². The van der Waals surface area contributed by atoms with Crippen molar-refractivity contribution < 1.29 is 5.11 Å². The smallest absolute Gasteiger partial charge is 0.0682 e. The molecule has 2 aromatic heterocycles. The van der Waals surface area contributed by atoms with Crippen molar-refractivity contribution in [3.05, 3.63) is 47.5 Å². The molecule has 134 valence electrons. The molecule has 0 unspecified atom stereocenters. The van der Waals surface area contributed by atoms with Gasteiger partial charge in [0, 0.05) is 55.8 Å². The molecule has 5 nitrogen and oxygen atoms in total. The van der Waals surface area contributed by atoms with E-state index in [1.54, 1.807) is 0 Å². The molecule has 2 fully saturated rings. The average Bonchev–Trinajstić information content (AvgIpc) is 3.07. The van der Waals surface area contributed by atoms with Crippen molar-refractivity contribution in [3.8, 4) is 5.69 Å². The molecular weight excluding hydrogens is 312 g/mol. The minimum Gasteiger partial charge on any atom is -0.392 e. The lowest BCUT2D eigenvalue weighted by molar-refractivity contribution is 0.0527. The van der Waals surface area contributed by atoms with E-state index in [2.05, 4.69) is 52.3 Å². The van der Waals surface area contributed by atoms with Crippen LogP contribution in [0.25, 0.3) is 5.69 Å². The monoisotopic (exact) mass is 340 g/mol. The third-order valence-electron chi connectivity index (χ3n) is 5.89. The number of fused-ring (bicyclic) bond motifs is 1. The van der Waals surface area contributed by atoms with Crippen molar-refractivity contribution >= 4 is 0 Å². The number of hydrogen-bond acceptors (Lipinski definition) is 4. The molecule has 1 N–H and O–H groups in total. The van der Waals surface area contributed by atoms with E-state index in [0.717, 1.165) is 38.3 Å². The first-order chi connectivity index (χ1) is 12.0. The quantitative estimate of drug-likeness (QED) is 0.930. The highest BCUT2D eigenvalue weighted by atomic mass is 16.3. The standard InChI is InChI=1S/C20H28N4O/c1-14-7-17(16(3)24(14)18-5-4-6-21-9-18)11-22-12-19-8-20(25)13-23(19)10-15(22)2/h4-7,9,15,19-20,25H,8,10-13H2,1-3H3/t15-,19-,20+/m0/s1. The zero-order valence-electron chi connectivity index (χ0n) is 15.4. The van der Waals surface area contributed by atoms with E-state index >= 15 is 0 Å². The van der Waals surface area contributed by atoms with Gasteiger partial charge in [-0.25, -0.2) is 0 Å². The highest BCUT2D eigenvalue weighted by Gasteiger charge is 2.38. The Balaban J connectivity index is 1.55. The summed E-state index contributed by atoms with van der Waals surface area (Å²) in [5.41, 5.74) is 5.07. The molecule has 2 aliphatic heterocycles. The van der Waals surface area contributed by atoms with Crippen LogP contribution in [0.1, 0.15) is 30.3 Å². The predicted octanol–water partition coefficient (Wildman–Crippen LogP) is 2.13. The second-order valence-corrected chi connectivity index (χ2v) is 7.72. The number of hydrogen-bond donors (Lipinski definition) is 1. The molecule has 0 radical (unpaired) electrons. The topological polar surface area (TPSA) is 44.5 Å². The molecule has 2 aromatic rings. The van der Waals surface area contributed by atoms with Crippen LogP contribution in [0.3, 0.4) is 0 Å². The van der Waals surface area contributed by atoms with Crippen molar-refractivity contribution in [2.24, 2.45) is 0 Å². The van der Waals surface area contributed by atoms with Crippen molar-refractivity contribution in [1.29, 1.82) is 0 Å². The molecule has 3 atom stereocenters. The van der Waals surface area contributed by atoms with E-state index in [1.165, 1.54) is 17.0 Å². The molecule has 25 heavy (non-hydrogen) atoms. The molecule has 4 rings (SSSR count). The SMILES string of the molecule is Cc1cc(CN2C[C@@H]3C[C@@H](O)CN3C[C@@H]2C)c(C)n1-c1cccnc1. The van der Waals surface area contributed by atoms with Crippen LogP contribution in [0.15, 0.2) is 30.6 Å². The summed E-state index contributed by atoms with van der Waals surface area (Å²) in [6, 6.07) is 7.43. The Morgan fingerprint density at radius 1 is 1.24 bits per heavy atom. The second kappa shape index (κ2) is 6.56. The van der Waals surface area contributed by atoms with Crippen LogP contribution in [-0.2, 0) is 6.54 Å². The summed E-state index contributed by atoms with van der Waals surface area (Å²) >= 11 is 0. The molecule has 0 aromatic carbocycles. The Morgan fingerprint density at radius 2 is 2.08 bits per heavy atom. The van der Waals surface area contributed by atoms with Gasteiger partial charge in [0.25, 0.3) is 0 Å². The first kappa shape index (κ1) is 16.8. The lowest BCUT2D eigenvalue weighted by Gasteiger charge is -2.42. The summed E-state index contributed by atoms with van der Waals surface area (Å²) < 4.78 is 2.29. The van der Waals surface area contributed by atoms with Crippen molar-refractivity contribution in [1.82, 2.24) is 19.4 Å². The van der Waals surface area contributed by atoms with Gasteiger partial charge >= 0.3 is 0 Å². The van der Waals surface area contributed by atoms with Crippen molar-refractivity contribution in [3.63, 3.8) is 0 Å². The Morgan fingerprint density at radius 3 is 2.84 bits per heavy atom. The largest absolute Gasteiger partial charge is 0.392 e. The van der Waals surface area contributed by atoms with Gasteiger partial charge in [-0.3, -0.25) is 14.8 Å². The van der Waals surface area contributed by atoms with Crippen LogP contribution >= 0.6 is 0 Å². The molecule has 0 amide bonds. The van der Waals surface area contributed by atoms with Gasteiger partial charge in [-0.1, -0.05) is 0 Å². The maximum absolute atomic E-state index is 9.96. The first-order valence-corrected chi connectivity index (χ1v) is 9.27. The van der Waals surface area contributed by atoms with Gasteiger partial charge in [0.05, 0.1) is 18.0 Å². The van der Waals surface area contributed by atoms with Crippen LogP contribution in [0.4, 0.5) is 0 Å². The number of rotatable bonds is 3. The van der Waals surface area contributed by atoms with Gasteiger partial charge in [0.15, 0.2) is 0 Å². The van der Waals surface area contributed by atoms with Gasteiger partial charge in [0.2, 0.25) is 0 Å². The Labute approximate surface area is 149 Å². The molecule has 2 aliphatic rings. The average molecular weight is 340 g/mol. The molecule has 5 heteroatoms. The molecular formula is C20H28N4O. The van der Waals surface area contributed by atoms with Crippen LogP contribution in [0.5, 0.6) is 0 Å². The summed E-state index contributed by atoms with van der Waals surface area (Å²) in [5.74, 6) is 0. The fourth-order valence-electron chi connectivity index (χ4n) is 4.59. The highest BCUT2D eigenvalue weighted by molar-refractivity contribution is 5.39. The predicted molar refractivity (Wildman–Crippen MR) is 98.9 cm³/mol. The zero-order valence-corrected chi connectivity index (χ0v) is 15.4. The number of aryl methyl sites for hydroxylation is 1. The van der Waals surface area contributed by atoms with E-state index < -0.39 is 0 Å². The van der Waals surface area contributed by atoms with E-state index in [-0.39, 0.29) is 6.10 Å². The Bertz CT molecular complexity index is 742. The Hall–Kier alpha value is -1.69. The Kier molecular flexibility index (Phi) is 4.40. The first-order valence-electron chi connectivity index (χ1n) is 9.27. The zero-order chi connectivity index (χ0) is 17.6. The third kappa shape index (κ3) is 3.12. The van der Waals surface area contributed by atoms with E-state index in [9.17, 15) is 5.11 Å². The van der Waals surface area contributed by atoms with Crippen molar-refractivity contribution in [2.45, 2.75) is 51.9 Å². The number of nitrogens with zero attached hydrogens (tertiary/aromatic N) is 4. The second-order valence-electron chi connectivity index (χ2n) is 7.72. The maximum atomic E-state index is 9.96. The summed E-state index contributed by atoms with van der Waals surface area (Å²) in [4.78, 5) is 9.30. The summed E-state index contributed by atoms with van der Waals surface area (Å²) in [7, 11) is 0. The molecule has 2 saturated heterocycles. The van der Waals surface area contributed by atoms with Gasteiger partial charge in [-0.05, 0) is 51.0 Å². The van der Waals surface area contributed by atoms with E-state index in [4.69, 9.17) is 0 Å². The maximum Gasteiger partial charge on any atom is 0.0682 e. The highest BCUT2D eigenvalue weighted by Crippen LogP contribution is 2.28. The molecule has 0 spiro atoms. The number of pyridine rings is 1. The normalized spacial score (nSPS) is 27.6. The van der Waals surface area contributed by atoms with Gasteiger partial charge in [0.1, 0.15) is 0 Å². The minimum absolute atomic E-state index is 0.146. The lowest BCUT2D eigenvalue weighted by atomic mass is 10.1. The molecule has 0 aliphatic carbocycles. The fourth-order valence-corrected chi connectivity index (χ4v) is 4.59. The van der Waals surface area contributed by atoms with E-state index in [0.29, 0.717) is 12.1 Å². The summed E-state index contributed by atoms with van der Waals surface area (Å²) in [6.45, 7) is 10.6. The number of aliphatic hydroxyl groups is 1. The molecule has 0 saturated carbocycles. The van der Waals surface area contributed by atoms with E-state index in [1.807, 2.05) is 18.5 Å². The van der Waals surface area contributed by atoms with Gasteiger partial charge in [-0.2, -0.15) is 0 Å².